The molecule has 1 aromatic rings. The van der Waals surface area contributed by atoms with Crippen molar-refractivity contribution in [2.45, 2.75) is 39.0 Å². The normalized spacial score (nSPS) is 11.2. The molecule has 0 spiro atoms. The van der Waals surface area contributed by atoms with Crippen molar-refractivity contribution in [1.82, 2.24) is 5.32 Å². The minimum absolute atomic E-state index is 0.0418. The molecule has 0 radical (unpaired) electrons. The molecule has 5 heteroatoms. The van der Waals surface area contributed by atoms with Crippen LogP contribution in [0.5, 0.6) is 0 Å². The zero-order chi connectivity index (χ0) is 17.1. The predicted molar refractivity (Wildman–Crippen MR) is 91.8 cm³/mol. The van der Waals surface area contributed by atoms with E-state index in [-0.39, 0.29) is 12.2 Å². The van der Waals surface area contributed by atoms with Crippen LogP contribution in [0.4, 0.5) is 5.69 Å². The molecule has 1 aromatic carbocycles. The number of hydrogen-bond acceptors (Lipinski definition) is 4. The summed E-state index contributed by atoms with van der Waals surface area (Å²) in [5.41, 5.74) is 1.91. The van der Waals surface area contributed by atoms with E-state index in [1.165, 1.54) is 11.8 Å². The van der Waals surface area contributed by atoms with Gasteiger partial charge in [0.2, 0.25) is 0 Å². The monoisotopic (exact) mass is 315 g/mol. The summed E-state index contributed by atoms with van der Waals surface area (Å²) in [6.45, 7) is 5.07. The lowest BCUT2D eigenvalue weighted by atomic mass is 10.0. The summed E-state index contributed by atoms with van der Waals surface area (Å²) in [7, 11) is 0. The summed E-state index contributed by atoms with van der Waals surface area (Å²) in [5.74, 6) is 0.0111. The standard InChI is InChI=1S/C18H25N3O2/c1-14(2)15-6-8-17(9-7-15)21-18(23)16(12-19)13-20-10-4-3-5-11-22/h6-9,13-14,20,22H,3-5,10-11H2,1-2H3,(H,21,23)/b16-13-. The van der Waals surface area contributed by atoms with E-state index >= 15 is 0 Å². The number of rotatable bonds is 9. The van der Waals surface area contributed by atoms with Crippen molar-refractivity contribution in [2.24, 2.45) is 0 Å². The minimum atomic E-state index is -0.423. The highest BCUT2D eigenvalue weighted by atomic mass is 16.2. The third kappa shape index (κ3) is 6.98. The Morgan fingerprint density at radius 2 is 1.96 bits per heavy atom. The molecule has 23 heavy (non-hydrogen) atoms. The van der Waals surface area contributed by atoms with Crippen molar-refractivity contribution in [3.63, 3.8) is 0 Å². The second kappa shape index (κ2) is 10.4. The van der Waals surface area contributed by atoms with Gasteiger partial charge in [0.1, 0.15) is 11.6 Å². The maximum atomic E-state index is 12.1. The third-order valence-electron chi connectivity index (χ3n) is 3.43. The van der Waals surface area contributed by atoms with Gasteiger partial charge in [0, 0.05) is 25.0 Å². The number of carbonyl (C=O) groups is 1. The number of aliphatic hydroxyl groups excluding tert-OH is 1. The van der Waals surface area contributed by atoms with E-state index in [0.29, 0.717) is 18.2 Å². The number of carbonyl (C=O) groups excluding carboxylic acids is 1. The molecular weight excluding hydrogens is 290 g/mol. The van der Waals surface area contributed by atoms with Crippen LogP contribution in [-0.2, 0) is 4.79 Å². The molecule has 0 saturated heterocycles. The Labute approximate surface area is 138 Å². The van der Waals surface area contributed by atoms with Crippen molar-refractivity contribution < 1.29 is 9.90 Å². The van der Waals surface area contributed by atoms with Gasteiger partial charge in [-0.1, -0.05) is 26.0 Å². The Morgan fingerprint density at radius 1 is 1.26 bits per heavy atom. The molecule has 5 nitrogen and oxygen atoms in total. The smallest absolute Gasteiger partial charge is 0.267 e. The molecule has 0 bridgehead atoms. The van der Waals surface area contributed by atoms with Gasteiger partial charge in [0.25, 0.3) is 5.91 Å². The van der Waals surface area contributed by atoms with E-state index in [1.807, 2.05) is 30.3 Å². The summed E-state index contributed by atoms with van der Waals surface area (Å²) < 4.78 is 0. The Kier molecular flexibility index (Phi) is 8.48. The Hall–Kier alpha value is -2.32. The van der Waals surface area contributed by atoms with Crippen LogP contribution in [-0.4, -0.2) is 24.2 Å². The van der Waals surface area contributed by atoms with Gasteiger partial charge in [0.15, 0.2) is 0 Å². The van der Waals surface area contributed by atoms with Crippen LogP contribution in [0.1, 0.15) is 44.6 Å². The lowest BCUT2D eigenvalue weighted by Gasteiger charge is -2.08. The molecule has 0 aliphatic carbocycles. The maximum absolute atomic E-state index is 12.1. The van der Waals surface area contributed by atoms with Crippen molar-refractivity contribution in [3.05, 3.63) is 41.6 Å². The van der Waals surface area contributed by atoms with E-state index < -0.39 is 5.91 Å². The number of benzene rings is 1. The second-order valence-corrected chi connectivity index (χ2v) is 5.64. The molecule has 0 aliphatic heterocycles. The highest BCUT2D eigenvalue weighted by Crippen LogP contribution is 2.17. The summed E-state index contributed by atoms with van der Waals surface area (Å²) in [6, 6.07) is 9.51. The molecule has 0 heterocycles. The molecule has 0 aromatic heterocycles. The first-order valence-corrected chi connectivity index (χ1v) is 7.94. The SMILES string of the molecule is CC(C)c1ccc(NC(=O)/C(C#N)=C\NCCCCCO)cc1. The maximum Gasteiger partial charge on any atom is 0.267 e. The molecule has 0 saturated carbocycles. The first-order chi connectivity index (χ1) is 11.1. The summed E-state index contributed by atoms with van der Waals surface area (Å²) in [4.78, 5) is 12.1. The van der Waals surface area contributed by atoms with Crippen LogP contribution in [0.25, 0.3) is 0 Å². The van der Waals surface area contributed by atoms with Gasteiger partial charge in [-0.05, 0) is 42.9 Å². The van der Waals surface area contributed by atoms with Crippen LogP contribution in [0.3, 0.4) is 0 Å². The van der Waals surface area contributed by atoms with E-state index in [1.54, 1.807) is 0 Å². The average molecular weight is 315 g/mol. The zero-order valence-corrected chi connectivity index (χ0v) is 13.8. The number of nitriles is 1. The van der Waals surface area contributed by atoms with Gasteiger partial charge >= 0.3 is 0 Å². The van der Waals surface area contributed by atoms with Gasteiger partial charge in [-0.3, -0.25) is 4.79 Å². The van der Waals surface area contributed by atoms with E-state index in [0.717, 1.165) is 19.3 Å². The number of nitrogens with one attached hydrogen (secondary N) is 2. The molecule has 0 unspecified atom stereocenters. The van der Waals surface area contributed by atoms with Crippen molar-refractivity contribution in [1.29, 1.82) is 5.26 Å². The topological polar surface area (TPSA) is 85.2 Å². The number of aliphatic hydroxyl groups is 1. The summed E-state index contributed by atoms with van der Waals surface area (Å²) >= 11 is 0. The Morgan fingerprint density at radius 3 is 2.52 bits per heavy atom. The van der Waals surface area contributed by atoms with Crippen molar-refractivity contribution in [2.75, 3.05) is 18.5 Å². The average Bonchev–Trinajstić information content (AvgIpc) is 2.54. The van der Waals surface area contributed by atoms with E-state index in [2.05, 4.69) is 24.5 Å². The van der Waals surface area contributed by atoms with Gasteiger partial charge in [-0.15, -0.1) is 0 Å². The number of amides is 1. The molecule has 1 amide bonds. The van der Waals surface area contributed by atoms with Crippen molar-refractivity contribution in [3.8, 4) is 6.07 Å². The third-order valence-corrected chi connectivity index (χ3v) is 3.43. The lowest BCUT2D eigenvalue weighted by Crippen LogP contribution is -2.17. The molecule has 0 fully saturated rings. The molecular formula is C18H25N3O2. The Bertz CT molecular complexity index is 557. The molecule has 124 valence electrons. The first kappa shape index (κ1) is 18.7. The predicted octanol–water partition coefficient (Wildman–Crippen LogP) is 2.91. The van der Waals surface area contributed by atoms with Crippen LogP contribution in [0, 0.1) is 11.3 Å². The first-order valence-electron chi connectivity index (χ1n) is 7.94. The minimum Gasteiger partial charge on any atom is -0.396 e. The summed E-state index contributed by atoms with van der Waals surface area (Å²) in [5, 5.41) is 23.4. The molecule has 0 atom stereocenters. The highest BCUT2D eigenvalue weighted by molar-refractivity contribution is 6.06. The second-order valence-electron chi connectivity index (χ2n) is 5.64. The highest BCUT2D eigenvalue weighted by Gasteiger charge is 2.09. The van der Waals surface area contributed by atoms with Gasteiger partial charge in [-0.25, -0.2) is 0 Å². The molecule has 0 aliphatic rings. The number of unbranched alkanes of at least 4 members (excludes halogenated alkanes) is 2. The van der Waals surface area contributed by atoms with Gasteiger partial charge in [0.05, 0.1) is 0 Å². The van der Waals surface area contributed by atoms with Gasteiger partial charge < -0.3 is 15.7 Å². The van der Waals surface area contributed by atoms with Crippen LogP contribution in [0.2, 0.25) is 0 Å². The number of hydrogen-bond donors (Lipinski definition) is 3. The summed E-state index contributed by atoms with van der Waals surface area (Å²) in [6.07, 6.45) is 4.00. The van der Waals surface area contributed by atoms with Crippen LogP contribution >= 0.6 is 0 Å². The van der Waals surface area contributed by atoms with E-state index in [9.17, 15) is 4.79 Å². The fourth-order valence-electron chi connectivity index (χ4n) is 1.99. The van der Waals surface area contributed by atoms with Crippen molar-refractivity contribution >= 4 is 11.6 Å². The number of nitrogens with zero attached hydrogens (tertiary/aromatic N) is 1. The van der Waals surface area contributed by atoms with Gasteiger partial charge in [-0.2, -0.15) is 5.26 Å². The Balaban J connectivity index is 2.51. The molecule has 3 N–H and O–H groups in total. The van der Waals surface area contributed by atoms with E-state index in [4.69, 9.17) is 10.4 Å². The largest absolute Gasteiger partial charge is 0.396 e. The fourth-order valence-corrected chi connectivity index (χ4v) is 1.99. The lowest BCUT2D eigenvalue weighted by molar-refractivity contribution is -0.112. The van der Waals surface area contributed by atoms with Crippen LogP contribution in [0.15, 0.2) is 36.0 Å². The number of anilines is 1. The van der Waals surface area contributed by atoms with Crippen LogP contribution < -0.4 is 10.6 Å². The fraction of sp³-hybridized carbons (Fsp3) is 0.444. The quantitative estimate of drug-likeness (QED) is 0.371. The zero-order valence-electron chi connectivity index (χ0n) is 13.8. The molecule has 1 rings (SSSR count).